The first-order valence-corrected chi connectivity index (χ1v) is 7.86. The zero-order valence-electron chi connectivity index (χ0n) is 13.1. The van der Waals surface area contributed by atoms with E-state index in [2.05, 4.69) is 18.0 Å². The Morgan fingerprint density at radius 2 is 2.14 bits per heavy atom. The highest BCUT2D eigenvalue weighted by Crippen LogP contribution is 2.37. The summed E-state index contributed by atoms with van der Waals surface area (Å²) in [6.07, 6.45) is 2.91. The molecule has 2 aromatic rings. The third-order valence-corrected chi connectivity index (χ3v) is 4.37. The van der Waals surface area contributed by atoms with Crippen molar-refractivity contribution in [1.82, 2.24) is 9.88 Å². The van der Waals surface area contributed by atoms with Crippen LogP contribution in [0.3, 0.4) is 0 Å². The molecule has 116 valence electrons. The topological polar surface area (TPSA) is 45.3 Å². The standard InChI is InChI=1S/C18H22N2O2/c1-3-13-10-11-15(19-13)18(21)20-12-6-8-16(20)14-7-4-5-9-17(14)22-2/h4-5,7,9-11,16,19H,3,6,8,12H2,1-2H3/t16-/m1/s1. The van der Waals surface area contributed by atoms with Crippen LogP contribution < -0.4 is 4.74 Å². The number of aryl methyl sites for hydroxylation is 1. The zero-order chi connectivity index (χ0) is 15.5. The van der Waals surface area contributed by atoms with Gasteiger partial charge in [-0.15, -0.1) is 0 Å². The van der Waals surface area contributed by atoms with E-state index in [0.29, 0.717) is 5.69 Å². The predicted octanol–water partition coefficient (Wildman–Crippen LogP) is 3.56. The van der Waals surface area contributed by atoms with Gasteiger partial charge in [0.15, 0.2) is 0 Å². The molecule has 1 fully saturated rings. The fourth-order valence-electron chi connectivity index (χ4n) is 3.20. The van der Waals surface area contributed by atoms with E-state index in [4.69, 9.17) is 4.74 Å². The number of amides is 1. The van der Waals surface area contributed by atoms with Gasteiger partial charge < -0.3 is 14.6 Å². The van der Waals surface area contributed by atoms with Crippen LogP contribution in [0.4, 0.5) is 0 Å². The van der Waals surface area contributed by atoms with Crippen molar-refractivity contribution in [3.05, 3.63) is 53.3 Å². The van der Waals surface area contributed by atoms with Crippen molar-refractivity contribution in [3.63, 3.8) is 0 Å². The van der Waals surface area contributed by atoms with Gasteiger partial charge in [0.1, 0.15) is 11.4 Å². The molecule has 1 aliphatic rings. The van der Waals surface area contributed by atoms with Crippen LogP contribution in [0, 0.1) is 0 Å². The van der Waals surface area contributed by atoms with E-state index in [0.717, 1.165) is 42.8 Å². The molecule has 0 aliphatic carbocycles. The number of carbonyl (C=O) groups is 1. The number of aromatic nitrogens is 1. The molecule has 1 aliphatic heterocycles. The van der Waals surface area contributed by atoms with Gasteiger partial charge in [-0.25, -0.2) is 0 Å². The van der Waals surface area contributed by atoms with Gasteiger partial charge in [-0.3, -0.25) is 4.79 Å². The van der Waals surface area contributed by atoms with Gasteiger partial charge in [-0.1, -0.05) is 25.1 Å². The Kier molecular flexibility index (Phi) is 4.18. The second-order valence-corrected chi connectivity index (χ2v) is 5.65. The summed E-state index contributed by atoms with van der Waals surface area (Å²) in [4.78, 5) is 18.0. The lowest BCUT2D eigenvalue weighted by Crippen LogP contribution is -2.31. The summed E-state index contributed by atoms with van der Waals surface area (Å²) in [6, 6.07) is 11.9. The molecule has 4 heteroatoms. The number of benzene rings is 1. The first kappa shape index (κ1) is 14.7. The fraction of sp³-hybridized carbons (Fsp3) is 0.389. The molecule has 0 radical (unpaired) electrons. The number of H-pyrrole nitrogens is 1. The van der Waals surface area contributed by atoms with Crippen LogP contribution >= 0.6 is 0 Å². The van der Waals surface area contributed by atoms with E-state index in [-0.39, 0.29) is 11.9 Å². The van der Waals surface area contributed by atoms with Crippen LogP contribution in [0.25, 0.3) is 0 Å². The fourth-order valence-corrected chi connectivity index (χ4v) is 3.20. The summed E-state index contributed by atoms with van der Waals surface area (Å²) in [5.41, 5.74) is 2.87. The third kappa shape index (κ3) is 2.61. The number of ether oxygens (including phenoxy) is 1. The highest BCUT2D eigenvalue weighted by atomic mass is 16.5. The average Bonchev–Trinajstić information content (AvgIpc) is 3.23. The molecular formula is C18H22N2O2. The van der Waals surface area contributed by atoms with E-state index in [1.54, 1.807) is 7.11 Å². The minimum atomic E-state index is 0.0770. The van der Waals surface area contributed by atoms with Crippen molar-refractivity contribution in [2.45, 2.75) is 32.2 Å². The number of nitrogens with zero attached hydrogens (tertiary/aromatic N) is 1. The number of nitrogens with one attached hydrogen (secondary N) is 1. The van der Waals surface area contributed by atoms with Crippen LogP contribution in [0.2, 0.25) is 0 Å². The lowest BCUT2D eigenvalue weighted by atomic mass is 10.0. The Morgan fingerprint density at radius 1 is 1.32 bits per heavy atom. The van der Waals surface area contributed by atoms with E-state index in [9.17, 15) is 4.79 Å². The molecule has 1 atom stereocenters. The summed E-state index contributed by atoms with van der Waals surface area (Å²) < 4.78 is 5.47. The van der Waals surface area contributed by atoms with Crippen molar-refractivity contribution in [1.29, 1.82) is 0 Å². The Hall–Kier alpha value is -2.23. The molecule has 0 spiro atoms. The number of aromatic amines is 1. The molecule has 1 aromatic carbocycles. The number of hydrogen-bond donors (Lipinski definition) is 1. The quantitative estimate of drug-likeness (QED) is 0.938. The highest BCUT2D eigenvalue weighted by Gasteiger charge is 2.32. The van der Waals surface area contributed by atoms with Crippen molar-refractivity contribution >= 4 is 5.91 Å². The molecule has 0 saturated carbocycles. The van der Waals surface area contributed by atoms with Crippen LogP contribution in [-0.4, -0.2) is 29.4 Å². The van der Waals surface area contributed by atoms with Gasteiger partial charge >= 0.3 is 0 Å². The molecule has 1 aromatic heterocycles. The maximum atomic E-state index is 12.8. The Balaban J connectivity index is 1.88. The normalized spacial score (nSPS) is 17.7. The van der Waals surface area contributed by atoms with Gasteiger partial charge in [-0.2, -0.15) is 0 Å². The molecule has 22 heavy (non-hydrogen) atoms. The summed E-state index contributed by atoms with van der Waals surface area (Å²) in [5, 5.41) is 0. The lowest BCUT2D eigenvalue weighted by molar-refractivity contribution is 0.0728. The molecule has 1 amide bonds. The maximum Gasteiger partial charge on any atom is 0.270 e. The molecule has 0 bridgehead atoms. The predicted molar refractivity (Wildman–Crippen MR) is 86.2 cm³/mol. The first-order chi connectivity index (χ1) is 10.7. The molecular weight excluding hydrogens is 276 g/mol. The maximum absolute atomic E-state index is 12.8. The van der Waals surface area contributed by atoms with Crippen molar-refractivity contribution in [3.8, 4) is 5.75 Å². The minimum absolute atomic E-state index is 0.0770. The van der Waals surface area contributed by atoms with Gasteiger partial charge in [0, 0.05) is 17.8 Å². The second-order valence-electron chi connectivity index (χ2n) is 5.65. The van der Waals surface area contributed by atoms with E-state index in [1.165, 1.54) is 0 Å². The Labute approximate surface area is 131 Å². The van der Waals surface area contributed by atoms with Crippen LogP contribution in [-0.2, 0) is 6.42 Å². The number of rotatable bonds is 4. The number of likely N-dealkylation sites (tertiary alicyclic amines) is 1. The largest absolute Gasteiger partial charge is 0.496 e. The smallest absolute Gasteiger partial charge is 0.270 e. The monoisotopic (exact) mass is 298 g/mol. The summed E-state index contributed by atoms with van der Waals surface area (Å²) in [6.45, 7) is 2.87. The van der Waals surface area contributed by atoms with Gasteiger partial charge in [0.05, 0.1) is 13.2 Å². The lowest BCUT2D eigenvalue weighted by Gasteiger charge is -2.26. The van der Waals surface area contributed by atoms with Crippen molar-refractivity contribution in [2.75, 3.05) is 13.7 Å². The highest BCUT2D eigenvalue weighted by molar-refractivity contribution is 5.93. The molecule has 0 unspecified atom stereocenters. The van der Waals surface area contributed by atoms with E-state index < -0.39 is 0 Å². The molecule has 1 saturated heterocycles. The Morgan fingerprint density at radius 3 is 2.86 bits per heavy atom. The number of hydrogen-bond acceptors (Lipinski definition) is 2. The summed E-state index contributed by atoms with van der Waals surface area (Å²) in [5.74, 6) is 0.932. The van der Waals surface area contributed by atoms with Crippen LogP contribution in [0.5, 0.6) is 5.75 Å². The van der Waals surface area contributed by atoms with Crippen molar-refractivity contribution < 1.29 is 9.53 Å². The van der Waals surface area contributed by atoms with E-state index in [1.807, 2.05) is 35.2 Å². The van der Waals surface area contributed by atoms with Crippen LogP contribution in [0.1, 0.15) is 47.6 Å². The van der Waals surface area contributed by atoms with Crippen molar-refractivity contribution in [2.24, 2.45) is 0 Å². The van der Waals surface area contributed by atoms with Gasteiger partial charge in [0.25, 0.3) is 5.91 Å². The Bertz CT molecular complexity index is 663. The summed E-state index contributed by atoms with van der Waals surface area (Å²) in [7, 11) is 1.68. The zero-order valence-corrected chi connectivity index (χ0v) is 13.1. The van der Waals surface area contributed by atoms with Crippen LogP contribution in [0.15, 0.2) is 36.4 Å². The minimum Gasteiger partial charge on any atom is -0.496 e. The molecule has 4 nitrogen and oxygen atoms in total. The number of carbonyl (C=O) groups excluding carboxylic acids is 1. The SMILES string of the molecule is CCc1ccc(C(=O)N2CCC[C@@H]2c2ccccc2OC)[nH]1. The molecule has 1 N–H and O–H groups in total. The number of para-hydroxylation sites is 1. The first-order valence-electron chi connectivity index (χ1n) is 7.86. The third-order valence-electron chi connectivity index (χ3n) is 4.37. The molecule has 2 heterocycles. The van der Waals surface area contributed by atoms with Gasteiger partial charge in [0.2, 0.25) is 0 Å². The molecule has 3 rings (SSSR count). The number of methoxy groups -OCH3 is 1. The second kappa shape index (κ2) is 6.26. The average molecular weight is 298 g/mol. The summed E-state index contributed by atoms with van der Waals surface area (Å²) >= 11 is 0. The van der Waals surface area contributed by atoms with E-state index >= 15 is 0 Å². The van der Waals surface area contributed by atoms with Gasteiger partial charge in [-0.05, 0) is 37.5 Å².